The third-order valence-corrected chi connectivity index (χ3v) is 4.68. The largest absolute Gasteiger partial charge is 1.00 e. The Labute approximate surface area is 207 Å². The molecule has 3 aromatic carbocycles. The van der Waals surface area contributed by atoms with E-state index in [1.807, 2.05) is 0 Å². The Morgan fingerprint density at radius 3 is 2.50 bits per heavy atom. The average Bonchev–Trinajstić information content (AvgIpc) is 3.16. The van der Waals surface area contributed by atoms with Gasteiger partial charge >= 0.3 is 35.7 Å². The van der Waals surface area contributed by atoms with Crippen molar-refractivity contribution >= 4 is 28.7 Å². The van der Waals surface area contributed by atoms with Gasteiger partial charge in [0.05, 0.1) is 17.1 Å². The first kappa shape index (κ1) is 24.1. The van der Waals surface area contributed by atoms with Crippen LogP contribution in [0.4, 0.5) is 13.2 Å². The first-order valence-corrected chi connectivity index (χ1v) is 9.30. The molecule has 0 saturated heterocycles. The van der Waals surface area contributed by atoms with Gasteiger partial charge in [0.1, 0.15) is 11.3 Å². The number of carbonyl (C=O) groups is 1. The van der Waals surface area contributed by atoms with E-state index in [4.69, 9.17) is 20.8 Å². The summed E-state index contributed by atoms with van der Waals surface area (Å²) >= 11 is 6.07. The second-order valence-electron chi connectivity index (χ2n) is 6.57. The number of aromatic nitrogens is 1. The van der Waals surface area contributed by atoms with Gasteiger partial charge in [0.2, 0.25) is 5.89 Å². The summed E-state index contributed by atoms with van der Waals surface area (Å²) in [6.45, 7) is 0. The molecule has 1 heterocycles. The number of para-hydroxylation sites is 2. The molecule has 0 aliphatic heterocycles. The van der Waals surface area contributed by atoms with Crippen LogP contribution in [-0.2, 0) is 11.0 Å². The van der Waals surface area contributed by atoms with Crippen molar-refractivity contribution in [2.45, 2.75) is 12.3 Å². The molecule has 5 nitrogen and oxygen atoms in total. The van der Waals surface area contributed by atoms with Gasteiger partial charge in [-0.2, -0.15) is 13.2 Å². The second kappa shape index (κ2) is 9.54. The van der Waals surface area contributed by atoms with E-state index in [2.05, 4.69) is 4.98 Å². The zero-order valence-corrected chi connectivity index (χ0v) is 19.3. The molecule has 4 rings (SSSR count). The van der Waals surface area contributed by atoms with Gasteiger partial charge in [-0.3, -0.25) is 0 Å². The van der Waals surface area contributed by atoms with Gasteiger partial charge in [0.25, 0.3) is 0 Å². The smallest absolute Gasteiger partial charge is 0.546 e. The number of nitrogens with zero attached hydrogens (tertiary/aromatic N) is 1. The molecule has 0 radical (unpaired) electrons. The number of carbonyl (C=O) groups excluding carboxylic acids is 1. The fourth-order valence-corrected chi connectivity index (χ4v) is 3.19. The molecule has 1 atom stereocenters. The van der Waals surface area contributed by atoms with Crippen molar-refractivity contribution in [3.63, 3.8) is 0 Å². The van der Waals surface area contributed by atoms with Crippen molar-refractivity contribution in [2.75, 3.05) is 0 Å². The molecule has 1 unspecified atom stereocenters. The van der Waals surface area contributed by atoms with E-state index in [1.54, 1.807) is 24.3 Å². The van der Waals surface area contributed by atoms with E-state index in [1.165, 1.54) is 24.3 Å². The van der Waals surface area contributed by atoms with Gasteiger partial charge in [-0.1, -0.05) is 35.9 Å². The quantitative estimate of drug-likeness (QED) is 0.418. The molecule has 0 fully saturated rings. The summed E-state index contributed by atoms with van der Waals surface area (Å²) in [5.41, 5.74) is 0.0425. The van der Waals surface area contributed by atoms with Gasteiger partial charge in [0.15, 0.2) is 11.7 Å². The fraction of sp³-hybridized carbons (Fsp3) is 0.0909. The number of carboxylic acids is 1. The summed E-state index contributed by atoms with van der Waals surface area (Å²) in [7, 11) is 0. The Balaban J connectivity index is 0.00000289. The number of alkyl halides is 3. The van der Waals surface area contributed by atoms with Crippen LogP contribution in [0.1, 0.15) is 17.2 Å². The third-order valence-electron chi connectivity index (χ3n) is 4.44. The molecule has 0 saturated carbocycles. The molecule has 0 spiro atoms. The van der Waals surface area contributed by atoms with Gasteiger partial charge < -0.3 is 19.1 Å². The average molecular weight is 470 g/mol. The van der Waals surface area contributed by atoms with Crippen LogP contribution in [0.5, 0.6) is 5.75 Å². The number of ether oxygens (including phenoxy) is 1. The molecule has 0 bridgehead atoms. The van der Waals surface area contributed by atoms with E-state index in [9.17, 15) is 23.1 Å². The summed E-state index contributed by atoms with van der Waals surface area (Å²) < 4.78 is 50.4. The van der Waals surface area contributed by atoms with Crippen LogP contribution in [0.15, 0.2) is 71.1 Å². The minimum atomic E-state index is -4.64. The normalized spacial score (nSPS) is 12.2. The number of fused-ring (bicyclic) bond motifs is 1. The number of aliphatic carboxylic acids is 1. The zero-order valence-electron chi connectivity index (χ0n) is 16.5. The van der Waals surface area contributed by atoms with Crippen LogP contribution in [0.25, 0.3) is 22.6 Å². The van der Waals surface area contributed by atoms with Gasteiger partial charge in [-0.15, -0.1) is 0 Å². The van der Waals surface area contributed by atoms with E-state index >= 15 is 0 Å². The number of carboxylic acid groups (broad SMARTS) is 1. The molecule has 10 heteroatoms. The van der Waals surface area contributed by atoms with Crippen LogP contribution in [-0.4, -0.2) is 11.0 Å². The topological polar surface area (TPSA) is 75.4 Å². The molecule has 0 amide bonds. The maximum Gasteiger partial charge on any atom is 1.00 e. The van der Waals surface area contributed by atoms with Crippen LogP contribution in [0.3, 0.4) is 0 Å². The number of hydrogen-bond donors (Lipinski definition) is 0. The standard InChI is InChI=1S/C22H13ClF3NO4.Na/c23-14-8-9-17(15(11-14)20-27-16-6-1-2-7-18(16)31-20)30-19(21(28)29)12-4-3-5-13(10-12)22(24,25)26;/h1-11,19H,(H,28,29);/q;+1/p-1. The van der Waals surface area contributed by atoms with Gasteiger partial charge in [-0.25, -0.2) is 4.98 Å². The minimum absolute atomic E-state index is 0. The van der Waals surface area contributed by atoms with Crippen LogP contribution >= 0.6 is 11.6 Å². The van der Waals surface area contributed by atoms with E-state index in [0.29, 0.717) is 22.2 Å². The maximum atomic E-state index is 13.1. The Hall–Kier alpha value is -2.52. The first-order chi connectivity index (χ1) is 14.7. The molecule has 1 aromatic heterocycles. The van der Waals surface area contributed by atoms with E-state index in [-0.39, 0.29) is 52.3 Å². The predicted molar refractivity (Wildman–Crippen MR) is 104 cm³/mol. The van der Waals surface area contributed by atoms with Crippen molar-refractivity contribution in [3.8, 4) is 17.2 Å². The molecule has 158 valence electrons. The van der Waals surface area contributed by atoms with Crippen LogP contribution in [0.2, 0.25) is 5.02 Å². The first-order valence-electron chi connectivity index (χ1n) is 8.92. The Morgan fingerprint density at radius 2 is 1.81 bits per heavy atom. The molecular weight excluding hydrogens is 458 g/mol. The van der Waals surface area contributed by atoms with Crippen molar-refractivity contribution in [3.05, 3.63) is 82.9 Å². The van der Waals surface area contributed by atoms with Crippen LogP contribution in [0, 0.1) is 0 Å². The number of oxazole rings is 1. The number of halogens is 4. The van der Waals surface area contributed by atoms with E-state index in [0.717, 1.165) is 12.1 Å². The maximum absolute atomic E-state index is 13.1. The van der Waals surface area contributed by atoms with Crippen molar-refractivity contribution in [2.24, 2.45) is 0 Å². The zero-order chi connectivity index (χ0) is 22.2. The number of rotatable bonds is 5. The fourth-order valence-electron chi connectivity index (χ4n) is 3.02. The van der Waals surface area contributed by atoms with Crippen molar-refractivity contribution in [1.29, 1.82) is 0 Å². The third kappa shape index (κ3) is 5.10. The Bertz CT molecular complexity index is 1240. The number of benzene rings is 3. The molecule has 0 aliphatic carbocycles. The van der Waals surface area contributed by atoms with Gasteiger partial charge in [-0.05, 0) is 48.0 Å². The summed E-state index contributed by atoms with van der Waals surface area (Å²) in [6, 6.07) is 15.1. The summed E-state index contributed by atoms with van der Waals surface area (Å²) in [6.07, 6.45) is -6.46. The summed E-state index contributed by atoms with van der Waals surface area (Å²) in [4.78, 5) is 16.1. The molecule has 0 N–H and O–H groups in total. The molecular formula is C22H12ClF3NNaO4. The van der Waals surface area contributed by atoms with Crippen molar-refractivity contribution in [1.82, 2.24) is 4.98 Å². The monoisotopic (exact) mass is 469 g/mol. The number of hydrogen-bond acceptors (Lipinski definition) is 5. The molecule has 32 heavy (non-hydrogen) atoms. The molecule has 4 aromatic rings. The van der Waals surface area contributed by atoms with Gasteiger partial charge in [0, 0.05) is 5.02 Å². The summed E-state index contributed by atoms with van der Waals surface area (Å²) in [5, 5.41) is 12.0. The SMILES string of the molecule is O=C([O-])C(Oc1ccc(Cl)cc1-c1nc2ccccc2o1)c1cccc(C(F)(F)F)c1.[Na+]. The van der Waals surface area contributed by atoms with E-state index < -0.39 is 23.8 Å². The molecule has 0 aliphatic rings. The Kier molecular flexibility index (Phi) is 7.19. The van der Waals surface area contributed by atoms with Crippen molar-refractivity contribution < 1.29 is 61.8 Å². The Morgan fingerprint density at radius 1 is 1.06 bits per heavy atom. The predicted octanol–water partition coefficient (Wildman–Crippen LogP) is 2.04. The second-order valence-corrected chi connectivity index (χ2v) is 7.00. The minimum Gasteiger partial charge on any atom is -0.546 e. The summed E-state index contributed by atoms with van der Waals surface area (Å²) in [5.74, 6) is -1.60. The van der Waals surface area contributed by atoms with Crippen LogP contribution < -0.4 is 39.4 Å².